The Bertz CT molecular complexity index is 813. The molecule has 28 heavy (non-hydrogen) atoms. The summed E-state index contributed by atoms with van der Waals surface area (Å²) in [4.78, 5) is 26.9. The van der Waals surface area contributed by atoms with E-state index in [0.717, 1.165) is 11.3 Å². The number of hydrogen-bond acceptors (Lipinski definition) is 3. The maximum atomic E-state index is 12.9. The Hall–Kier alpha value is -1.98. The molecule has 150 valence electrons. The molecule has 1 N–H and O–H groups in total. The average Bonchev–Trinajstić information content (AvgIpc) is 2.67. The van der Waals surface area contributed by atoms with Crippen LogP contribution in [0, 0.1) is 6.92 Å². The summed E-state index contributed by atoms with van der Waals surface area (Å²) < 4.78 is 0. The number of hydrogen-bond donors (Lipinski definition) is 1. The lowest BCUT2D eigenvalue weighted by atomic mass is 10.1. The van der Waals surface area contributed by atoms with Gasteiger partial charge >= 0.3 is 0 Å². The van der Waals surface area contributed by atoms with Crippen molar-refractivity contribution >= 4 is 35.2 Å². The van der Waals surface area contributed by atoms with E-state index in [1.807, 2.05) is 31.2 Å². The zero-order valence-corrected chi connectivity index (χ0v) is 18.1. The third kappa shape index (κ3) is 6.57. The molecule has 2 aromatic rings. The van der Waals surface area contributed by atoms with Crippen molar-refractivity contribution in [3.63, 3.8) is 0 Å². The first-order valence-corrected chi connectivity index (χ1v) is 10.9. The Morgan fingerprint density at radius 2 is 1.93 bits per heavy atom. The summed E-state index contributed by atoms with van der Waals surface area (Å²) in [6, 6.07) is 15.1. The average molecular weight is 419 g/mol. The van der Waals surface area contributed by atoms with Gasteiger partial charge in [0.15, 0.2) is 0 Å². The number of benzene rings is 2. The molecular weight excluding hydrogens is 392 g/mol. The highest BCUT2D eigenvalue weighted by atomic mass is 35.5. The molecule has 0 saturated heterocycles. The molecule has 0 bridgehead atoms. The molecular formula is C22H27ClN2O2S. The molecule has 2 amide bonds. The summed E-state index contributed by atoms with van der Waals surface area (Å²) in [6.45, 7) is 6.51. The Labute approximate surface area is 176 Å². The van der Waals surface area contributed by atoms with Crippen LogP contribution in [-0.4, -0.2) is 35.1 Å². The van der Waals surface area contributed by atoms with Gasteiger partial charge in [0.2, 0.25) is 11.8 Å². The molecule has 0 aliphatic heterocycles. The Balaban J connectivity index is 2.07. The lowest BCUT2D eigenvalue weighted by Gasteiger charge is -2.29. The van der Waals surface area contributed by atoms with Gasteiger partial charge < -0.3 is 10.2 Å². The molecule has 6 heteroatoms. The number of carbonyl (C=O) groups is 2. The lowest BCUT2D eigenvalue weighted by Crippen LogP contribution is -2.48. The van der Waals surface area contributed by atoms with E-state index in [1.54, 1.807) is 29.7 Å². The SMILES string of the molecule is CCNC(=O)[C@@H](C)N(Cc1ccccc1Cl)C(=O)CSCc1cccc(C)c1. The van der Waals surface area contributed by atoms with Gasteiger partial charge in [-0.3, -0.25) is 9.59 Å². The fourth-order valence-corrected chi connectivity index (χ4v) is 3.91. The second kappa shape index (κ2) is 11.1. The van der Waals surface area contributed by atoms with Gasteiger partial charge in [-0.2, -0.15) is 0 Å². The van der Waals surface area contributed by atoms with E-state index < -0.39 is 6.04 Å². The molecule has 0 unspecified atom stereocenters. The van der Waals surface area contributed by atoms with Crippen molar-refractivity contribution in [3.05, 3.63) is 70.2 Å². The molecule has 2 rings (SSSR count). The van der Waals surface area contributed by atoms with E-state index in [9.17, 15) is 9.59 Å². The zero-order chi connectivity index (χ0) is 20.5. The Morgan fingerprint density at radius 1 is 1.18 bits per heavy atom. The van der Waals surface area contributed by atoms with E-state index in [1.165, 1.54) is 11.1 Å². The molecule has 0 spiro atoms. The Morgan fingerprint density at radius 3 is 2.61 bits per heavy atom. The van der Waals surface area contributed by atoms with Gasteiger partial charge in [-0.15, -0.1) is 11.8 Å². The van der Waals surface area contributed by atoms with E-state index in [4.69, 9.17) is 11.6 Å². The topological polar surface area (TPSA) is 49.4 Å². The molecule has 0 aliphatic carbocycles. The van der Waals surface area contributed by atoms with Gasteiger partial charge in [0.25, 0.3) is 0 Å². The molecule has 0 fully saturated rings. The van der Waals surface area contributed by atoms with Gasteiger partial charge in [0.1, 0.15) is 6.04 Å². The third-order valence-electron chi connectivity index (χ3n) is 4.39. The minimum atomic E-state index is -0.566. The number of aryl methyl sites for hydroxylation is 1. The van der Waals surface area contributed by atoms with Gasteiger partial charge in [-0.05, 0) is 38.0 Å². The molecule has 0 aromatic heterocycles. The van der Waals surface area contributed by atoms with Crippen LogP contribution in [-0.2, 0) is 21.9 Å². The predicted octanol–water partition coefficient (Wildman–Crippen LogP) is 4.44. The van der Waals surface area contributed by atoms with Crippen LogP contribution in [0.5, 0.6) is 0 Å². The molecule has 4 nitrogen and oxygen atoms in total. The standard InChI is InChI=1S/C22H27ClN2O2S/c1-4-24-22(27)17(3)25(13-19-10-5-6-11-20(19)23)21(26)15-28-14-18-9-7-8-16(2)12-18/h5-12,17H,4,13-15H2,1-3H3,(H,24,27)/t17-/m1/s1. The fourth-order valence-electron chi connectivity index (χ4n) is 2.86. The van der Waals surface area contributed by atoms with Crippen LogP contribution in [0.1, 0.15) is 30.5 Å². The van der Waals surface area contributed by atoms with Crippen molar-refractivity contribution < 1.29 is 9.59 Å². The molecule has 0 heterocycles. The smallest absolute Gasteiger partial charge is 0.242 e. The summed E-state index contributed by atoms with van der Waals surface area (Å²) in [7, 11) is 0. The highest BCUT2D eigenvalue weighted by Crippen LogP contribution is 2.20. The van der Waals surface area contributed by atoms with Crippen molar-refractivity contribution in [3.8, 4) is 0 Å². The van der Waals surface area contributed by atoms with Gasteiger partial charge in [0, 0.05) is 23.9 Å². The maximum absolute atomic E-state index is 12.9. The molecule has 0 aliphatic rings. The van der Waals surface area contributed by atoms with Crippen molar-refractivity contribution in [2.45, 2.75) is 39.1 Å². The summed E-state index contributed by atoms with van der Waals surface area (Å²) in [5, 5.41) is 3.39. The largest absolute Gasteiger partial charge is 0.355 e. The van der Waals surface area contributed by atoms with Crippen LogP contribution in [0.4, 0.5) is 0 Å². The van der Waals surface area contributed by atoms with Crippen molar-refractivity contribution in [1.82, 2.24) is 10.2 Å². The summed E-state index contributed by atoms with van der Waals surface area (Å²) in [5.74, 6) is 0.827. The predicted molar refractivity (Wildman–Crippen MR) is 117 cm³/mol. The molecule has 2 aromatic carbocycles. The van der Waals surface area contributed by atoms with Crippen LogP contribution in [0.25, 0.3) is 0 Å². The van der Waals surface area contributed by atoms with E-state index in [0.29, 0.717) is 23.9 Å². The number of carbonyl (C=O) groups excluding carboxylic acids is 2. The van der Waals surface area contributed by atoms with E-state index in [2.05, 4.69) is 30.4 Å². The first-order chi connectivity index (χ1) is 13.4. The number of amides is 2. The van der Waals surface area contributed by atoms with Crippen molar-refractivity contribution in [2.24, 2.45) is 0 Å². The highest BCUT2D eigenvalue weighted by Gasteiger charge is 2.26. The lowest BCUT2D eigenvalue weighted by molar-refractivity contribution is -0.138. The summed E-state index contributed by atoms with van der Waals surface area (Å²) in [5.41, 5.74) is 3.22. The maximum Gasteiger partial charge on any atom is 0.242 e. The van der Waals surface area contributed by atoms with Crippen LogP contribution >= 0.6 is 23.4 Å². The third-order valence-corrected chi connectivity index (χ3v) is 5.75. The van der Waals surface area contributed by atoms with E-state index >= 15 is 0 Å². The van der Waals surface area contributed by atoms with Gasteiger partial charge in [0.05, 0.1) is 5.75 Å². The van der Waals surface area contributed by atoms with Crippen LogP contribution in [0.2, 0.25) is 5.02 Å². The second-order valence-corrected chi connectivity index (χ2v) is 8.06. The molecule has 1 atom stereocenters. The van der Waals surface area contributed by atoms with Crippen LogP contribution in [0.15, 0.2) is 48.5 Å². The van der Waals surface area contributed by atoms with Gasteiger partial charge in [-0.25, -0.2) is 0 Å². The van der Waals surface area contributed by atoms with Crippen LogP contribution < -0.4 is 5.32 Å². The normalized spacial score (nSPS) is 11.7. The fraction of sp³-hybridized carbons (Fsp3) is 0.364. The second-order valence-electron chi connectivity index (χ2n) is 6.67. The highest BCUT2D eigenvalue weighted by molar-refractivity contribution is 7.99. The minimum absolute atomic E-state index is 0.0728. The number of nitrogens with one attached hydrogen (secondary N) is 1. The summed E-state index contributed by atoms with van der Waals surface area (Å²) >= 11 is 7.83. The van der Waals surface area contributed by atoms with Crippen molar-refractivity contribution in [1.29, 1.82) is 0 Å². The number of nitrogens with zero attached hydrogens (tertiary/aromatic N) is 1. The summed E-state index contributed by atoms with van der Waals surface area (Å²) in [6.07, 6.45) is 0. The number of rotatable bonds is 9. The first-order valence-electron chi connectivity index (χ1n) is 9.36. The van der Waals surface area contributed by atoms with Crippen molar-refractivity contribution in [2.75, 3.05) is 12.3 Å². The Kier molecular flexibility index (Phi) is 8.87. The zero-order valence-electron chi connectivity index (χ0n) is 16.6. The monoisotopic (exact) mass is 418 g/mol. The number of halogens is 1. The number of thioether (sulfide) groups is 1. The quantitative estimate of drug-likeness (QED) is 0.655. The minimum Gasteiger partial charge on any atom is -0.355 e. The number of likely N-dealkylation sites (N-methyl/N-ethyl adjacent to an activating group) is 1. The van der Waals surface area contributed by atoms with Crippen LogP contribution in [0.3, 0.4) is 0 Å². The molecule has 0 radical (unpaired) electrons. The van der Waals surface area contributed by atoms with E-state index in [-0.39, 0.29) is 11.8 Å². The molecule has 0 saturated carbocycles. The van der Waals surface area contributed by atoms with Gasteiger partial charge in [-0.1, -0.05) is 59.6 Å². The first kappa shape index (κ1) is 22.3.